The number of fused-ring (bicyclic) bond motifs is 1. The molecule has 2 heterocycles. The van der Waals surface area contributed by atoms with Gasteiger partial charge in [0.25, 0.3) is 0 Å². The Bertz CT molecular complexity index is 842. The van der Waals surface area contributed by atoms with Gasteiger partial charge in [0.2, 0.25) is 5.91 Å². The molecule has 0 aliphatic carbocycles. The number of imidazole rings is 1. The first-order valence-electron chi connectivity index (χ1n) is 6.73. The number of nitrogens with zero attached hydrogens (tertiary/aromatic N) is 2. The minimum atomic E-state index is -0.0901. The van der Waals surface area contributed by atoms with E-state index in [1.807, 2.05) is 37.3 Å². The molecule has 0 aliphatic heterocycles. The Balaban J connectivity index is 1.66. The minimum Gasteiger partial charge on any atom is -0.331 e. The van der Waals surface area contributed by atoms with Crippen molar-refractivity contribution in [1.29, 1.82) is 0 Å². The largest absolute Gasteiger partial charge is 0.331 e. The molecule has 2 N–H and O–H groups in total. The van der Waals surface area contributed by atoms with Gasteiger partial charge in [-0.2, -0.15) is 0 Å². The number of anilines is 1. The number of pyridine rings is 1. The van der Waals surface area contributed by atoms with Crippen LogP contribution in [0.5, 0.6) is 0 Å². The SMILES string of the molecule is Cc1nc2nc(SCC(=O)Nc3ccccc3Br)[nH]c2cc1Br. The Kier molecular flexibility index (Phi) is 5.03. The van der Waals surface area contributed by atoms with Crippen LogP contribution in [0.25, 0.3) is 11.2 Å². The summed E-state index contributed by atoms with van der Waals surface area (Å²) < 4.78 is 1.78. The summed E-state index contributed by atoms with van der Waals surface area (Å²) in [6, 6.07) is 9.44. The number of nitrogens with one attached hydrogen (secondary N) is 2. The Morgan fingerprint density at radius 2 is 2.04 bits per heavy atom. The number of aromatic nitrogens is 3. The van der Waals surface area contributed by atoms with E-state index in [0.717, 1.165) is 25.8 Å². The molecule has 0 atom stereocenters. The number of hydrogen-bond acceptors (Lipinski definition) is 4. The van der Waals surface area contributed by atoms with E-state index in [2.05, 4.69) is 52.1 Å². The molecule has 0 unspecified atom stereocenters. The lowest BCUT2D eigenvalue weighted by atomic mass is 10.3. The van der Waals surface area contributed by atoms with Gasteiger partial charge in [0.1, 0.15) is 0 Å². The van der Waals surface area contributed by atoms with Crippen LogP contribution in [-0.2, 0) is 4.79 Å². The van der Waals surface area contributed by atoms with Crippen LogP contribution >= 0.6 is 43.6 Å². The van der Waals surface area contributed by atoms with Crippen molar-refractivity contribution < 1.29 is 4.79 Å². The topological polar surface area (TPSA) is 70.7 Å². The number of thioether (sulfide) groups is 1. The van der Waals surface area contributed by atoms with Crippen LogP contribution < -0.4 is 5.32 Å². The lowest BCUT2D eigenvalue weighted by Crippen LogP contribution is -2.14. The van der Waals surface area contributed by atoms with E-state index in [1.54, 1.807) is 0 Å². The normalized spacial score (nSPS) is 10.9. The first-order chi connectivity index (χ1) is 11.0. The Morgan fingerprint density at radius 3 is 2.83 bits per heavy atom. The van der Waals surface area contributed by atoms with Crippen LogP contribution in [-0.4, -0.2) is 26.6 Å². The first-order valence-corrected chi connectivity index (χ1v) is 9.30. The number of aryl methyl sites for hydroxylation is 1. The quantitative estimate of drug-likeness (QED) is 0.567. The van der Waals surface area contributed by atoms with Gasteiger partial charge in [-0.1, -0.05) is 23.9 Å². The molecule has 0 saturated carbocycles. The van der Waals surface area contributed by atoms with E-state index in [1.165, 1.54) is 11.8 Å². The zero-order valence-electron chi connectivity index (χ0n) is 12.1. The summed E-state index contributed by atoms with van der Waals surface area (Å²) in [7, 11) is 0. The van der Waals surface area contributed by atoms with E-state index < -0.39 is 0 Å². The van der Waals surface area contributed by atoms with Crippen molar-refractivity contribution in [2.45, 2.75) is 12.1 Å². The summed E-state index contributed by atoms with van der Waals surface area (Å²) in [5.74, 6) is 0.175. The molecule has 3 rings (SSSR count). The second kappa shape index (κ2) is 7.02. The molecule has 2 aromatic heterocycles. The fourth-order valence-corrected chi connectivity index (χ4v) is 3.31. The van der Waals surface area contributed by atoms with Crippen molar-refractivity contribution in [3.8, 4) is 0 Å². The number of halogens is 2. The predicted octanol–water partition coefficient (Wildman–Crippen LogP) is 4.52. The standard InChI is InChI=1S/C15H12Br2N4OS/c1-8-10(17)6-12-14(18-8)21-15(20-12)23-7-13(22)19-11-5-3-2-4-9(11)16/h2-6H,7H2,1H3,(H,19,22)(H,18,20,21). The van der Waals surface area contributed by atoms with Crippen LogP contribution in [0, 0.1) is 6.92 Å². The highest BCUT2D eigenvalue weighted by molar-refractivity contribution is 9.10. The van der Waals surface area contributed by atoms with Crippen molar-refractivity contribution in [2.75, 3.05) is 11.1 Å². The number of hydrogen-bond donors (Lipinski definition) is 2. The van der Waals surface area contributed by atoms with Crippen molar-refractivity contribution in [2.24, 2.45) is 0 Å². The van der Waals surface area contributed by atoms with Crippen LogP contribution in [0.15, 0.2) is 44.4 Å². The van der Waals surface area contributed by atoms with Crippen LogP contribution in [0.4, 0.5) is 5.69 Å². The number of amides is 1. The summed E-state index contributed by atoms with van der Waals surface area (Å²) in [4.78, 5) is 24.0. The van der Waals surface area contributed by atoms with Crippen LogP contribution in [0.1, 0.15) is 5.69 Å². The average Bonchev–Trinajstić information content (AvgIpc) is 2.90. The molecular formula is C15H12Br2N4OS. The summed E-state index contributed by atoms with van der Waals surface area (Å²) in [6.45, 7) is 1.91. The van der Waals surface area contributed by atoms with Gasteiger partial charge in [0.05, 0.1) is 22.7 Å². The number of H-pyrrole nitrogens is 1. The number of para-hydroxylation sites is 1. The molecule has 0 fully saturated rings. The maximum Gasteiger partial charge on any atom is 0.234 e. The van der Waals surface area contributed by atoms with E-state index >= 15 is 0 Å². The first kappa shape index (κ1) is 16.5. The van der Waals surface area contributed by atoms with Crippen molar-refractivity contribution in [3.05, 3.63) is 45.0 Å². The van der Waals surface area contributed by atoms with Crippen LogP contribution in [0.2, 0.25) is 0 Å². The maximum absolute atomic E-state index is 12.0. The van der Waals surface area contributed by atoms with Crippen LogP contribution in [0.3, 0.4) is 0 Å². The molecule has 1 aromatic carbocycles. The second-order valence-corrected chi connectivity index (χ2v) is 7.46. The highest BCUT2D eigenvalue weighted by Gasteiger charge is 2.10. The van der Waals surface area contributed by atoms with Crippen molar-refractivity contribution >= 4 is 66.4 Å². The third kappa shape index (κ3) is 3.94. The smallest absolute Gasteiger partial charge is 0.234 e. The fourth-order valence-electron chi connectivity index (χ4n) is 1.94. The number of benzene rings is 1. The molecule has 5 nitrogen and oxygen atoms in total. The minimum absolute atomic E-state index is 0.0901. The maximum atomic E-state index is 12.0. The van der Waals surface area contributed by atoms with E-state index in [9.17, 15) is 4.79 Å². The fraction of sp³-hybridized carbons (Fsp3) is 0.133. The number of rotatable bonds is 4. The molecule has 1 amide bonds. The van der Waals surface area contributed by atoms with E-state index in [0.29, 0.717) is 10.8 Å². The molecule has 0 bridgehead atoms. The molecule has 8 heteroatoms. The van der Waals surface area contributed by atoms with Gasteiger partial charge in [-0.15, -0.1) is 0 Å². The zero-order chi connectivity index (χ0) is 16.4. The highest BCUT2D eigenvalue weighted by Crippen LogP contribution is 2.24. The Labute approximate surface area is 153 Å². The summed E-state index contributed by atoms with van der Waals surface area (Å²) >= 11 is 8.19. The van der Waals surface area contributed by atoms with Gasteiger partial charge in [0, 0.05) is 8.95 Å². The van der Waals surface area contributed by atoms with E-state index in [4.69, 9.17) is 0 Å². The molecule has 23 heavy (non-hydrogen) atoms. The Hall–Kier alpha value is -1.38. The Morgan fingerprint density at radius 1 is 1.26 bits per heavy atom. The number of carbonyl (C=O) groups is 1. The van der Waals surface area contributed by atoms with Gasteiger partial charge in [-0.05, 0) is 57.0 Å². The van der Waals surface area contributed by atoms with Gasteiger partial charge < -0.3 is 10.3 Å². The molecular weight excluding hydrogens is 444 g/mol. The molecule has 0 radical (unpaired) electrons. The van der Waals surface area contributed by atoms with E-state index in [-0.39, 0.29) is 11.7 Å². The lowest BCUT2D eigenvalue weighted by Gasteiger charge is -2.05. The monoisotopic (exact) mass is 454 g/mol. The second-order valence-electron chi connectivity index (χ2n) is 4.79. The van der Waals surface area contributed by atoms with Gasteiger partial charge in [-0.25, -0.2) is 9.97 Å². The molecule has 3 aromatic rings. The van der Waals surface area contributed by atoms with Crippen molar-refractivity contribution in [3.63, 3.8) is 0 Å². The average molecular weight is 456 g/mol. The van der Waals surface area contributed by atoms with Gasteiger partial charge in [-0.3, -0.25) is 4.79 Å². The molecule has 0 spiro atoms. The third-order valence-corrected chi connectivity index (χ3v) is 5.44. The lowest BCUT2D eigenvalue weighted by molar-refractivity contribution is -0.113. The molecule has 0 aliphatic rings. The molecule has 118 valence electrons. The predicted molar refractivity (Wildman–Crippen MR) is 99.8 cm³/mol. The summed E-state index contributed by atoms with van der Waals surface area (Å²) in [6.07, 6.45) is 0. The highest BCUT2D eigenvalue weighted by atomic mass is 79.9. The van der Waals surface area contributed by atoms with Gasteiger partial charge >= 0.3 is 0 Å². The summed E-state index contributed by atoms with van der Waals surface area (Å²) in [5.41, 5.74) is 3.13. The number of aromatic amines is 1. The van der Waals surface area contributed by atoms with Gasteiger partial charge in [0.15, 0.2) is 10.8 Å². The summed E-state index contributed by atoms with van der Waals surface area (Å²) in [5, 5.41) is 3.53. The number of carbonyl (C=O) groups excluding carboxylic acids is 1. The third-order valence-electron chi connectivity index (χ3n) is 3.07. The zero-order valence-corrected chi connectivity index (χ0v) is 16.0. The van der Waals surface area contributed by atoms with Crippen molar-refractivity contribution in [1.82, 2.24) is 15.0 Å². The molecule has 0 saturated heterocycles.